The molecular formula is C22H26BrNO. The highest BCUT2D eigenvalue weighted by Gasteiger charge is 2.14. The molecule has 2 aromatic carbocycles. The van der Waals surface area contributed by atoms with Crippen molar-refractivity contribution in [2.45, 2.75) is 40.7 Å². The van der Waals surface area contributed by atoms with Gasteiger partial charge in [0.2, 0.25) is 0 Å². The van der Waals surface area contributed by atoms with E-state index in [2.05, 4.69) is 78.0 Å². The normalized spacial score (nSPS) is 11.9. The Kier molecular flexibility index (Phi) is 7.01. The zero-order valence-corrected chi connectivity index (χ0v) is 17.1. The predicted molar refractivity (Wildman–Crippen MR) is 111 cm³/mol. The first kappa shape index (κ1) is 19.5. The van der Waals surface area contributed by atoms with Crippen LogP contribution in [0.3, 0.4) is 0 Å². The molecule has 0 heterocycles. The molecule has 2 aromatic rings. The van der Waals surface area contributed by atoms with Crippen LogP contribution in [0.2, 0.25) is 0 Å². The minimum atomic E-state index is 0.710. The molecule has 2 rings (SSSR count). The quantitative estimate of drug-likeness (QED) is 0.417. The van der Waals surface area contributed by atoms with E-state index in [1.807, 2.05) is 13.0 Å². The number of carbonyl (C=O) groups is 1. The fourth-order valence-corrected chi connectivity index (χ4v) is 3.60. The van der Waals surface area contributed by atoms with E-state index in [4.69, 9.17) is 0 Å². The summed E-state index contributed by atoms with van der Waals surface area (Å²) in [5.41, 5.74) is 6.93. The number of hydrogen-bond donors (Lipinski definition) is 0. The van der Waals surface area contributed by atoms with Crippen molar-refractivity contribution in [3.63, 3.8) is 0 Å². The first-order chi connectivity index (χ1) is 12.0. The van der Waals surface area contributed by atoms with E-state index in [9.17, 15) is 4.79 Å². The summed E-state index contributed by atoms with van der Waals surface area (Å²) < 4.78 is 0.888. The van der Waals surface area contributed by atoms with E-state index in [0.717, 1.165) is 40.7 Å². The lowest BCUT2D eigenvalue weighted by molar-refractivity contribution is -0.104. The summed E-state index contributed by atoms with van der Waals surface area (Å²) in [6.07, 6.45) is 1.65. The Morgan fingerprint density at radius 2 is 1.80 bits per heavy atom. The van der Waals surface area contributed by atoms with Crippen LogP contribution in [0.4, 0.5) is 5.69 Å². The van der Waals surface area contributed by atoms with Crippen molar-refractivity contribution >= 4 is 32.4 Å². The molecule has 0 radical (unpaired) electrons. The van der Waals surface area contributed by atoms with Crippen LogP contribution in [0.25, 0.3) is 4.48 Å². The highest BCUT2D eigenvalue weighted by Crippen LogP contribution is 2.34. The number of carbonyl (C=O) groups excluding carboxylic acids is 1. The summed E-state index contributed by atoms with van der Waals surface area (Å²) in [5.74, 6) is 0. The van der Waals surface area contributed by atoms with Gasteiger partial charge in [-0.15, -0.1) is 0 Å². The Morgan fingerprint density at radius 3 is 2.40 bits per heavy atom. The van der Waals surface area contributed by atoms with E-state index < -0.39 is 0 Å². The molecule has 2 nitrogen and oxygen atoms in total. The summed E-state index contributed by atoms with van der Waals surface area (Å²) in [6, 6.07) is 14.9. The molecule has 0 fully saturated rings. The minimum Gasteiger partial charge on any atom is -0.367 e. The van der Waals surface area contributed by atoms with Crippen molar-refractivity contribution in [3.05, 3.63) is 70.3 Å². The van der Waals surface area contributed by atoms with Gasteiger partial charge in [-0.2, -0.15) is 0 Å². The van der Waals surface area contributed by atoms with Gasteiger partial charge in [0.1, 0.15) is 6.29 Å². The average molecular weight is 400 g/mol. The van der Waals surface area contributed by atoms with Crippen molar-refractivity contribution in [2.24, 2.45) is 0 Å². The average Bonchev–Trinajstić information content (AvgIpc) is 2.63. The maximum Gasteiger partial charge on any atom is 0.147 e. The lowest BCUT2D eigenvalue weighted by Gasteiger charge is -2.26. The van der Waals surface area contributed by atoms with Gasteiger partial charge in [0, 0.05) is 34.4 Å². The highest BCUT2D eigenvalue weighted by molar-refractivity contribution is 9.15. The molecule has 0 aromatic heterocycles. The molecule has 0 N–H and O–H groups in total. The van der Waals surface area contributed by atoms with Crippen LogP contribution in [-0.4, -0.2) is 12.8 Å². The summed E-state index contributed by atoms with van der Waals surface area (Å²) in [7, 11) is 0. The molecular weight excluding hydrogens is 374 g/mol. The van der Waals surface area contributed by atoms with Crippen molar-refractivity contribution in [2.75, 3.05) is 11.4 Å². The van der Waals surface area contributed by atoms with Crippen LogP contribution in [0.15, 0.2) is 48.0 Å². The lowest BCUT2D eigenvalue weighted by atomic mass is 10.0. The van der Waals surface area contributed by atoms with Gasteiger partial charge in [0.15, 0.2) is 0 Å². The molecule has 0 spiro atoms. The van der Waals surface area contributed by atoms with Crippen LogP contribution < -0.4 is 4.90 Å². The zero-order valence-electron chi connectivity index (χ0n) is 15.5. The molecule has 3 heteroatoms. The fraction of sp³-hybridized carbons (Fsp3) is 0.318. The Morgan fingerprint density at radius 1 is 1.08 bits per heavy atom. The smallest absolute Gasteiger partial charge is 0.147 e. The number of allylic oxidation sites excluding steroid dienone is 1. The summed E-state index contributed by atoms with van der Waals surface area (Å²) in [4.78, 5) is 13.7. The van der Waals surface area contributed by atoms with Crippen molar-refractivity contribution in [3.8, 4) is 0 Å². The lowest BCUT2D eigenvalue weighted by Crippen LogP contribution is -2.23. The zero-order chi connectivity index (χ0) is 18.4. The maximum absolute atomic E-state index is 11.4. The van der Waals surface area contributed by atoms with E-state index in [1.54, 1.807) is 0 Å². The van der Waals surface area contributed by atoms with Gasteiger partial charge in [-0.05, 0) is 65.9 Å². The SMILES string of the molecule is CC/C(C=O)=C(/Br)c1ccccc1N(CC)Cc1ccc(C)c(C)c1. The molecule has 0 unspecified atom stereocenters. The topological polar surface area (TPSA) is 20.3 Å². The number of aryl methyl sites for hydroxylation is 2. The fourth-order valence-electron chi connectivity index (χ4n) is 2.89. The standard InChI is InChI=1S/C22H26BrNO/c1-5-19(15-25)22(23)20-9-7-8-10-21(20)24(6-2)14-18-12-11-16(3)17(4)13-18/h7-13,15H,5-6,14H2,1-4H3/b22-19-. The van der Waals surface area contributed by atoms with E-state index in [0.29, 0.717) is 6.42 Å². The van der Waals surface area contributed by atoms with Gasteiger partial charge >= 0.3 is 0 Å². The number of halogens is 1. The second kappa shape index (κ2) is 9.00. The molecule has 0 atom stereocenters. The Bertz CT molecular complexity index is 779. The molecule has 0 saturated heterocycles. The van der Waals surface area contributed by atoms with Crippen molar-refractivity contribution in [1.29, 1.82) is 0 Å². The monoisotopic (exact) mass is 399 g/mol. The maximum atomic E-state index is 11.4. The van der Waals surface area contributed by atoms with E-state index in [1.165, 1.54) is 16.7 Å². The third-order valence-electron chi connectivity index (χ3n) is 4.61. The Hall–Kier alpha value is -1.87. The third kappa shape index (κ3) is 4.60. The van der Waals surface area contributed by atoms with Crippen LogP contribution in [0, 0.1) is 13.8 Å². The highest BCUT2D eigenvalue weighted by atomic mass is 79.9. The summed E-state index contributed by atoms with van der Waals surface area (Å²) >= 11 is 3.65. The van der Waals surface area contributed by atoms with E-state index in [-0.39, 0.29) is 0 Å². The van der Waals surface area contributed by atoms with Crippen LogP contribution in [-0.2, 0) is 11.3 Å². The Balaban J connectivity index is 2.43. The number of hydrogen-bond acceptors (Lipinski definition) is 2. The van der Waals surface area contributed by atoms with E-state index >= 15 is 0 Å². The molecule has 0 bridgehead atoms. The second-order valence-electron chi connectivity index (χ2n) is 6.26. The molecule has 0 aliphatic carbocycles. The van der Waals surface area contributed by atoms with Crippen molar-refractivity contribution < 1.29 is 4.79 Å². The van der Waals surface area contributed by atoms with Gasteiger partial charge in [-0.1, -0.05) is 43.3 Å². The number of nitrogens with zero attached hydrogens (tertiary/aromatic N) is 1. The number of para-hydroxylation sites is 1. The third-order valence-corrected chi connectivity index (χ3v) is 5.55. The van der Waals surface area contributed by atoms with Gasteiger partial charge < -0.3 is 4.90 Å². The number of anilines is 1. The molecule has 0 amide bonds. The molecule has 0 saturated carbocycles. The first-order valence-electron chi connectivity index (χ1n) is 8.76. The Labute approximate surface area is 159 Å². The molecule has 25 heavy (non-hydrogen) atoms. The van der Waals surface area contributed by atoms with Crippen LogP contribution in [0.1, 0.15) is 42.5 Å². The predicted octanol–water partition coefficient (Wildman–Crippen LogP) is 6.04. The number of benzene rings is 2. The summed E-state index contributed by atoms with van der Waals surface area (Å²) in [6.45, 7) is 10.2. The molecule has 0 aliphatic rings. The summed E-state index contributed by atoms with van der Waals surface area (Å²) in [5, 5.41) is 0. The van der Waals surface area contributed by atoms with Gasteiger partial charge in [0.05, 0.1) is 0 Å². The van der Waals surface area contributed by atoms with Gasteiger partial charge in [0.25, 0.3) is 0 Å². The minimum absolute atomic E-state index is 0.710. The molecule has 132 valence electrons. The number of rotatable bonds is 7. The molecule has 0 aliphatic heterocycles. The van der Waals surface area contributed by atoms with Crippen LogP contribution in [0.5, 0.6) is 0 Å². The van der Waals surface area contributed by atoms with Gasteiger partial charge in [-0.25, -0.2) is 0 Å². The first-order valence-corrected chi connectivity index (χ1v) is 9.55. The van der Waals surface area contributed by atoms with Crippen LogP contribution >= 0.6 is 15.9 Å². The largest absolute Gasteiger partial charge is 0.367 e. The second-order valence-corrected chi connectivity index (χ2v) is 7.05. The van der Waals surface area contributed by atoms with Crippen molar-refractivity contribution in [1.82, 2.24) is 0 Å². The van der Waals surface area contributed by atoms with Gasteiger partial charge in [-0.3, -0.25) is 4.79 Å². The number of aldehydes is 1.